The van der Waals surface area contributed by atoms with E-state index in [0.717, 1.165) is 0 Å². The normalized spacial score (nSPS) is 19.6. The molecule has 2 aromatic heterocycles. The van der Waals surface area contributed by atoms with Crippen LogP contribution in [0.2, 0.25) is 0 Å². The molecule has 0 saturated carbocycles. The first-order valence-electron chi connectivity index (χ1n) is 7.87. The van der Waals surface area contributed by atoms with Crippen molar-refractivity contribution in [3.63, 3.8) is 0 Å². The monoisotopic (exact) mass is 368 g/mol. The van der Waals surface area contributed by atoms with Crippen LogP contribution < -0.4 is 10.9 Å². The van der Waals surface area contributed by atoms with Crippen LogP contribution in [-0.4, -0.2) is 60.6 Å². The Morgan fingerprint density at radius 3 is 2.76 bits per heavy atom. The number of hydrogen-bond donors (Lipinski definition) is 2. The maximum absolute atomic E-state index is 12.3. The number of fused-ring (bicyclic) bond motifs is 1. The second-order valence-electron chi connectivity index (χ2n) is 6.40. The Morgan fingerprint density at radius 1 is 1.40 bits per heavy atom. The second kappa shape index (κ2) is 6.26. The number of H-pyrrole nitrogens is 1. The zero-order chi connectivity index (χ0) is 18.4. The standard InChI is InChI=1S/C15H20N4O5S/c1-8-12-9(2)24-15(13(12)14(21)18-17-8)16-11(20)6-19(3)10-4-5-25(22,23)7-10/h10H,4-7H2,1-3H3,(H,16,20)(H,18,21). The van der Waals surface area contributed by atoms with Crippen molar-refractivity contribution < 1.29 is 17.6 Å². The highest BCUT2D eigenvalue weighted by Gasteiger charge is 2.31. The summed E-state index contributed by atoms with van der Waals surface area (Å²) in [5.74, 6) is 0.405. The maximum Gasteiger partial charge on any atom is 0.277 e. The van der Waals surface area contributed by atoms with Gasteiger partial charge in [-0.3, -0.25) is 19.8 Å². The van der Waals surface area contributed by atoms with E-state index in [-0.39, 0.29) is 41.3 Å². The van der Waals surface area contributed by atoms with Crippen LogP contribution in [0, 0.1) is 13.8 Å². The van der Waals surface area contributed by atoms with Gasteiger partial charge in [-0.2, -0.15) is 5.10 Å². The summed E-state index contributed by atoms with van der Waals surface area (Å²) in [5.41, 5.74) is 0.160. The van der Waals surface area contributed by atoms with Gasteiger partial charge in [0, 0.05) is 6.04 Å². The van der Waals surface area contributed by atoms with Gasteiger partial charge in [-0.15, -0.1) is 0 Å². The van der Waals surface area contributed by atoms with Gasteiger partial charge in [0.05, 0.1) is 29.1 Å². The molecule has 0 radical (unpaired) electrons. The molecule has 2 aromatic rings. The molecule has 1 saturated heterocycles. The molecule has 3 heterocycles. The van der Waals surface area contributed by atoms with E-state index in [9.17, 15) is 18.0 Å². The van der Waals surface area contributed by atoms with E-state index in [1.54, 1.807) is 25.8 Å². The predicted octanol–water partition coefficient (Wildman–Crippen LogP) is 0.190. The number of rotatable bonds is 4. The van der Waals surface area contributed by atoms with Crippen molar-refractivity contribution in [2.24, 2.45) is 0 Å². The summed E-state index contributed by atoms with van der Waals surface area (Å²) in [6.45, 7) is 3.44. The average Bonchev–Trinajstić information content (AvgIpc) is 3.03. The lowest BCUT2D eigenvalue weighted by atomic mass is 10.2. The first kappa shape index (κ1) is 17.6. The van der Waals surface area contributed by atoms with E-state index < -0.39 is 15.4 Å². The molecule has 1 aliphatic heterocycles. The Bertz CT molecular complexity index is 991. The third-order valence-corrected chi connectivity index (χ3v) is 6.23. The highest BCUT2D eigenvalue weighted by Crippen LogP contribution is 2.28. The number of nitrogens with zero attached hydrogens (tertiary/aromatic N) is 2. The lowest BCUT2D eigenvalue weighted by molar-refractivity contribution is -0.117. The molecule has 9 nitrogen and oxygen atoms in total. The molecule has 1 fully saturated rings. The van der Waals surface area contributed by atoms with Crippen molar-refractivity contribution in [2.75, 3.05) is 30.4 Å². The van der Waals surface area contributed by atoms with Gasteiger partial charge >= 0.3 is 0 Å². The molecule has 25 heavy (non-hydrogen) atoms. The van der Waals surface area contributed by atoms with E-state index in [0.29, 0.717) is 23.3 Å². The Balaban J connectivity index is 1.77. The number of amides is 1. The third-order valence-electron chi connectivity index (χ3n) is 4.48. The Morgan fingerprint density at radius 2 is 2.12 bits per heavy atom. The van der Waals surface area contributed by atoms with Crippen LogP contribution in [0.4, 0.5) is 5.88 Å². The largest absolute Gasteiger partial charge is 0.444 e. The highest BCUT2D eigenvalue weighted by atomic mass is 32.2. The second-order valence-corrected chi connectivity index (χ2v) is 8.62. The summed E-state index contributed by atoms with van der Waals surface area (Å²) in [7, 11) is -1.31. The zero-order valence-corrected chi connectivity index (χ0v) is 15.1. The molecule has 0 aromatic carbocycles. The topological polar surface area (TPSA) is 125 Å². The highest BCUT2D eigenvalue weighted by molar-refractivity contribution is 7.91. The number of carbonyl (C=O) groups is 1. The van der Waals surface area contributed by atoms with Gasteiger partial charge in [0.15, 0.2) is 9.84 Å². The van der Waals surface area contributed by atoms with Gasteiger partial charge in [-0.1, -0.05) is 0 Å². The number of hydrogen-bond acceptors (Lipinski definition) is 7. The molecule has 0 spiro atoms. The van der Waals surface area contributed by atoms with Crippen LogP contribution in [0.1, 0.15) is 17.9 Å². The van der Waals surface area contributed by atoms with E-state index in [1.807, 2.05) is 0 Å². The van der Waals surface area contributed by atoms with Crippen molar-refractivity contribution in [3.05, 3.63) is 21.8 Å². The van der Waals surface area contributed by atoms with Crippen molar-refractivity contribution in [1.82, 2.24) is 15.1 Å². The number of anilines is 1. The first-order valence-corrected chi connectivity index (χ1v) is 9.69. The quantitative estimate of drug-likeness (QED) is 0.789. The van der Waals surface area contributed by atoms with Crippen LogP contribution in [0.15, 0.2) is 9.21 Å². The molecule has 1 atom stereocenters. The van der Waals surface area contributed by atoms with Crippen molar-refractivity contribution in [3.8, 4) is 0 Å². The summed E-state index contributed by atoms with van der Waals surface area (Å²) in [6, 6.07) is -0.180. The molecule has 1 unspecified atom stereocenters. The van der Waals surface area contributed by atoms with Gasteiger partial charge in [-0.25, -0.2) is 13.5 Å². The molecule has 2 N–H and O–H groups in total. The van der Waals surface area contributed by atoms with Gasteiger partial charge in [0.1, 0.15) is 11.1 Å². The zero-order valence-electron chi connectivity index (χ0n) is 14.2. The fraction of sp³-hybridized carbons (Fsp3) is 0.533. The third kappa shape index (κ3) is 3.45. The number of aryl methyl sites for hydroxylation is 2. The molecular formula is C15H20N4O5S. The van der Waals surface area contributed by atoms with Crippen LogP contribution in [0.25, 0.3) is 10.8 Å². The molecule has 136 valence electrons. The summed E-state index contributed by atoms with van der Waals surface area (Å²) in [6.07, 6.45) is 0.513. The van der Waals surface area contributed by atoms with Gasteiger partial charge in [-0.05, 0) is 27.3 Å². The summed E-state index contributed by atoms with van der Waals surface area (Å²) < 4.78 is 28.6. The molecule has 0 bridgehead atoms. The van der Waals surface area contributed by atoms with E-state index in [1.165, 1.54) is 0 Å². The van der Waals surface area contributed by atoms with Crippen molar-refractivity contribution in [2.45, 2.75) is 26.3 Å². The summed E-state index contributed by atoms with van der Waals surface area (Å²) in [4.78, 5) is 26.0. The first-order chi connectivity index (χ1) is 11.7. The van der Waals surface area contributed by atoms with Gasteiger partial charge in [0.25, 0.3) is 5.56 Å². The number of carbonyl (C=O) groups excluding carboxylic acids is 1. The number of furan rings is 1. The fourth-order valence-electron chi connectivity index (χ4n) is 3.18. The molecule has 10 heteroatoms. The van der Waals surface area contributed by atoms with E-state index >= 15 is 0 Å². The Kier molecular flexibility index (Phi) is 4.41. The van der Waals surface area contributed by atoms with Crippen LogP contribution in [0.3, 0.4) is 0 Å². The minimum Gasteiger partial charge on any atom is -0.444 e. The number of aromatic nitrogens is 2. The molecule has 3 rings (SSSR count). The number of aromatic amines is 1. The lowest BCUT2D eigenvalue weighted by Crippen LogP contribution is -2.38. The SMILES string of the molecule is Cc1n[nH]c(=O)c2c(NC(=O)CN(C)C3CCS(=O)(=O)C3)oc(C)c12. The summed E-state index contributed by atoms with van der Waals surface area (Å²) >= 11 is 0. The fourth-order valence-corrected chi connectivity index (χ4v) is 4.98. The molecule has 1 aliphatic rings. The van der Waals surface area contributed by atoms with Crippen LogP contribution >= 0.6 is 0 Å². The van der Waals surface area contributed by atoms with Crippen molar-refractivity contribution >= 4 is 32.4 Å². The molecular weight excluding hydrogens is 348 g/mol. The minimum absolute atomic E-state index is 0.00337. The lowest BCUT2D eigenvalue weighted by Gasteiger charge is -2.21. The number of nitrogens with one attached hydrogen (secondary N) is 2. The summed E-state index contributed by atoms with van der Waals surface area (Å²) in [5, 5.41) is 9.71. The van der Waals surface area contributed by atoms with Crippen molar-refractivity contribution in [1.29, 1.82) is 0 Å². The predicted molar refractivity (Wildman–Crippen MR) is 92.4 cm³/mol. The molecule has 0 aliphatic carbocycles. The van der Waals surface area contributed by atoms with Gasteiger partial charge < -0.3 is 4.42 Å². The van der Waals surface area contributed by atoms with E-state index in [2.05, 4.69) is 15.5 Å². The van der Waals surface area contributed by atoms with Crippen LogP contribution in [-0.2, 0) is 14.6 Å². The Hall–Kier alpha value is -2.20. The molecule has 1 amide bonds. The number of likely N-dealkylation sites (N-methyl/N-ethyl adjacent to an activating group) is 1. The van der Waals surface area contributed by atoms with E-state index in [4.69, 9.17) is 4.42 Å². The maximum atomic E-state index is 12.3. The van der Waals surface area contributed by atoms with Crippen LogP contribution in [0.5, 0.6) is 0 Å². The number of sulfone groups is 1. The smallest absolute Gasteiger partial charge is 0.277 e. The Labute approximate surface area is 144 Å². The van der Waals surface area contributed by atoms with Gasteiger partial charge in [0.2, 0.25) is 11.8 Å². The minimum atomic E-state index is -3.02. The average molecular weight is 368 g/mol.